The molecule has 3 aromatic carbocycles. The Morgan fingerprint density at radius 1 is 0.897 bits per heavy atom. The van der Waals surface area contributed by atoms with E-state index in [1.165, 1.54) is 26.2 Å². The summed E-state index contributed by atoms with van der Waals surface area (Å²) in [6, 6.07) is 20.6. The molecule has 0 aromatic heterocycles. The fourth-order valence-electron chi connectivity index (χ4n) is 2.56. The fourth-order valence-corrected chi connectivity index (χ4v) is 3.51. The second kappa shape index (κ2) is 8.46. The SMILES string of the molecule is Cc1ccc(Oc2ccc(NC(=O)c3cccc(S(=O)(=O)N(C)C)c3)cc2)cc1. The molecule has 150 valence electrons. The van der Waals surface area contributed by atoms with Crippen molar-refractivity contribution < 1.29 is 17.9 Å². The summed E-state index contributed by atoms with van der Waals surface area (Å²) >= 11 is 0. The van der Waals surface area contributed by atoms with Crippen LogP contribution in [-0.4, -0.2) is 32.7 Å². The molecule has 0 spiro atoms. The molecule has 0 fully saturated rings. The Morgan fingerprint density at radius 3 is 2.07 bits per heavy atom. The first-order valence-electron chi connectivity index (χ1n) is 8.94. The minimum Gasteiger partial charge on any atom is -0.457 e. The van der Waals surface area contributed by atoms with Crippen LogP contribution in [0.3, 0.4) is 0 Å². The van der Waals surface area contributed by atoms with Crippen LogP contribution in [0.4, 0.5) is 5.69 Å². The van der Waals surface area contributed by atoms with Gasteiger partial charge in [0.05, 0.1) is 4.90 Å². The number of nitrogens with one attached hydrogen (secondary N) is 1. The lowest BCUT2D eigenvalue weighted by atomic mass is 10.2. The predicted octanol–water partition coefficient (Wildman–Crippen LogP) is 4.29. The molecule has 0 heterocycles. The zero-order valence-corrected chi connectivity index (χ0v) is 17.2. The summed E-state index contributed by atoms with van der Waals surface area (Å²) in [6.45, 7) is 2.01. The average molecular weight is 410 g/mol. The molecular weight excluding hydrogens is 388 g/mol. The van der Waals surface area contributed by atoms with E-state index in [0.29, 0.717) is 11.4 Å². The Labute approximate surface area is 170 Å². The zero-order chi connectivity index (χ0) is 21.0. The molecule has 0 unspecified atom stereocenters. The van der Waals surface area contributed by atoms with Crippen molar-refractivity contribution in [2.24, 2.45) is 0 Å². The fraction of sp³-hybridized carbons (Fsp3) is 0.136. The van der Waals surface area contributed by atoms with Gasteiger partial charge in [0.15, 0.2) is 0 Å². The summed E-state index contributed by atoms with van der Waals surface area (Å²) in [5.41, 5.74) is 1.98. The summed E-state index contributed by atoms with van der Waals surface area (Å²) in [4.78, 5) is 12.6. The van der Waals surface area contributed by atoms with Crippen molar-refractivity contribution in [2.75, 3.05) is 19.4 Å². The molecule has 1 amide bonds. The zero-order valence-electron chi connectivity index (χ0n) is 16.4. The van der Waals surface area contributed by atoms with E-state index in [1.807, 2.05) is 31.2 Å². The number of carbonyl (C=O) groups excluding carboxylic acids is 1. The van der Waals surface area contributed by atoms with Crippen LogP contribution in [-0.2, 0) is 10.0 Å². The third kappa shape index (κ3) is 5.01. The number of hydrogen-bond donors (Lipinski definition) is 1. The van der Waals surface area contributed by atoms with E-state index in [4.69, 9.17) is 4.74 Å². The second-order valence-electron chi connectivity index (χ2n) is 6.71. The Bertz CT molecular complexity index is 1110. The van der Waals surface area contributed by atoms with Crippen molar-refractivity contribution in [1.82, 2.24) is 4.31 Å². The van der Waals surface area contributed by atoms with Crippen molar-refractivity contribution in [1.29, 1.82) is 0 Å². The number of benzene rings is 3. The van der Waals surface area contributed by atoms with Gasteiger partial charge < -0.3 is 10.1 Å². The van der Waals surface area contributed by atoms with Crippen LogP contribution in [0.5, 0.6) is 11.5 Å². The molecule has 1 N–H and O–H groups in total. The Kier molecular flexibility index (Phi) is 6.00. The van der Waals surface area contributed by atoms with E-state index in [0.717, 1.165) is 15.6 Å². The molecule has 0 aliphatic heterocycles. The Morgan fingerprint density at radius 2 is 1.48 bits per heavy atom. The number of amides is 1. The number of carbonyl (C=O) groups is 1. The van der Waals surface area contributed by atoms with Gasteiger partial charge in [-0.25, -0.2) is 12.7 Å². The molecule has 3 rings (SSSR count). The molecule has 0 saturated carbocycles. The largest absolute Gasteiger partial charge is 0.457 e. The number of rotatable bonds is 6. The molecular formula is C22H22N2O4S. The highest BCUT2D eigenvalue weighted by Gasteiger charge is 2.18. The van der Waals surface area contributed by atoms with Gasteiger partial charge in [-0.3, -0.25) is 4.79 Å². The minimum atomic E-state index is -3.61. The number of nitrogens with zero attached hydrogens (tertiary/aromatic N) is 1. The number of ether oxygens (including phenoxy) is 1. The molecule has 0 saturated heterocycles. The second-order valence-corrected chi connectivity index (χ2v) is 8.86. The van der Waals surface area contributed by atoms with Crippen molar-refractivity contribution in [2.45, 2.75) is 11.8 Å². The number of aryl methyl sites for hydroxylation is 1. The van der Waals surface area contributed by atoms with E-state index < -0.39 is 15.9 Å². The Hall–Kier alpha value is -3.16. The van der Waals surface area contributed by atoms with Gasteiger partial charge in [0.2, 0.25) is 10.0 Å². The third-order valence-corrected chi connectivity index (χ3v) is 6.05. The molecule has 0 bridgehead atoms. The van der Waals surface area contributed by atoms with Crippen LogP contribution < -0.4 is 10.1 Å². The summed E-state index contributed by atoms with van der Waals surface area (Å²) in [5, 5.41) is 2.76. The molecule has 3 aromatic rings. The summed E-state index contributed by atoms with van der Waals surface area (Å²) < 4.78 is 31.4. The molecule has 6 nitrogen and oxygen atoms in total. The van der Waals surface area contributed by atoms with Gasteiger partial charge in [0, 0.05) is 25.3 Å². The molecule has 0 radical (unpaired) electrons. The topological polar surface area (TPSA) is 75.7 Å². The van der Waals surface area contributed by atoms with E-state index in [1.54, 1.807) is 36.4 Å². The average Bonchev–Trinajstić information content (AvgIpc) is 2.71. The van der Waals surface area contributed by atoms with Gasteiger partial charge in [0.25, 0.3) is 5.91 Å². The van der Waals surface area contributed by atoms with E-state index >= 15 is 0 Å². The first-order chi connectivity index (χ1) is 13.8. The lowest BCUT2D eigenvalue weighted by Gasteiger charge is -2.12. The number of anilines is 1. The van der Waals surface area contributed by atoms with Gasteiger partial charge in [-0.2, -0.15) is 0 Å². The van der Waals surface area contributed by atoms with Crippen molar-refractivity contribution in [3.8, 4) is 11.5 Å². The predicted molar refractivity (Wildman–Crippen MR) is 113 cm³/mol. The van der Waals surface area contributed by atoms with Gasteiger partial charge in [-0.15, -0.1) is 0 Å². The first-order valence-corrected chi connectivity index (χ1v) is 10.4. The highest BCUT2D eigenvalue weighted by atomic mass is 32.2. The quantitative estimate of drug-likeness (QED) is 0.658. The lowest BCUT2D eigenvalue weighted by molar-refractivity contribution is 0.102. The molecule has 29 heavy (non-hydrogen) atoms. The van der Waals surface area contributed by atoms with Crippen LogP contribution in [0.1, 0.15) is 15.9 Å². The summed E-state index contributed by atoms with van der Waals surface area (Å²) in [6.07, 6.45) is 0. The van der Waals surface area contributed by atoms with Gasteiger partial charge in [-0.05, 0) is 61.5 Å². The maximum atomic E-state index is 12.5. The highest BCUT2D eigenvalue weighted by Crippen LogP contribution is 2.24. The molecule has 0 aliphatic rings. The van der Waals surface area contributed by atoms with Crippen molar-refractivity contribution >= 4 is 21.6 Å². The third-order valence-electron chi connectivity index (χ3n) is 4.24. The lowest BCUT2D eigenvalue weighted by Crippen LogP contribution is -2.22. The maximum absolute atomic E-state index is 12.5. The van der Waals surface area contributed by atoms with Crippen molar-refractivity contribution in [3.05, 3.63) is 83.9 Å². The van der Waals surface area contributed by atoms with Crippen LogP contribution >= 0.6 is 0 Å². The van der Waals surface area contributed by atoms with Gasteiger partial charge in [0.1, 0.15) is 11.5 Å². The normalized spacial score (nSPS) is 11.3. The number of hydrogen-bond acceptors (Lipinski definition) is 4. The molecule has 0 atom stereocenters. The van der Waals surface area contributed by atoms with Gasteiger partial charge >= 0.3 is 0 Å². The summed E-state index contributed by atoms with van der Waals surface area (Å²) in [7, 11) is -0.714. The molecule has 0 aliphatic carbocycles. The molecule has 7 heteroatoms. The van der Waals surface area contributed by atoms with Gasteiger partial charge in [-0.1, -0.05) is 23.8 Å². The summed E-state index contributed by atoms with van der Waals surface area (Å²) in [5.74, 6) is 0.977. The maximum Gasteiger partial charge on any atom is 0.255 e. The Balaban J connectivity index is 1.70. The monoisotopic (exact) mass is 410 g/mol. The van der Waals surface area contributed by atoms with Crippen LogP contribution in [0.25, 0.3) is 0 Å². The highest BCUT2D eigenvalue weighted by molar-refractivity contribution is 7.89. The first kappa shape index (κ1) is 20.6. The number of sulfonamides is 1. The van der Waals surface area contributed by atoms with Crippen molar-refractivity contribution in [3.63, 3.8) is 0 Å². The van der Waals surface area contributed by atoms with Crippen LogP contribution in [0.15, 0.2) is 77.7 Å². The van der Waals surface area contributed by atoms with Crippen LogP contribution in [0.2, 0.25) is 0 Å². The smallest absolute Gasteiger partial charge is 0.255 e. The van der Waals surface area contributed by atoms with E-state index in [-0.39, 0.29) is 10.5 Å². The van der Waals surface area contributed by atoms with E-state index in [9.17, 15) is 13.2 Å². The van der Waals surface area contributed by atoms with Crippen LogP contribution in [0, 0.1) is 6.92 Å². The van der Waals surface area contributed by atoms with E-state index in [2.05, 4.69) is 5.32 Å². The standard InChI is InChI=1S/C22H22N2O4S/c1-16-7-11-19(12-8-16)28-20-13-9-18(10-14-20)23-22(25)17-5-4-6-21(15-17)29(26,27)24(2)3/h4-15H,1-3H3,(H,23,25). The minimum absolute atomic E-state index is 0.0667.